The number of benzene rings is 1. The first-order chi connectivity index (χ1) is 14.0. The normalized spacial score (nSPS) is 15.5. The van der Waals surface area contributed by atoms with Gasteiger partial charge < -0.3 is 5.32 Å². The highest BCUT2D eigenvalue weighted by atomic mass is 16.2. The van der Waals surface area contributed by atoms with Crippen molar-refractivity contribution in [3.8, 4) is 0 Å². The van der Waals surface area contributed by atoms with E-state index in [2.05, 4.69) is 50.3 Å². The molecular weight excluding hydrogens is 370 g/mol. The number of likely N-dealkylation sites (tertiary alicyclic amines) is 1. The number of piperidine rings is 1. The summed E-state index contributed by atoms with van der Waals surface area (Å²) in [6.07, 6.45) is 3.11. The second kappa shape index (κ2) is 8.00. The van der Waals surface area contributed by atoms with Gasteiger partial charge in [0, 0.05) is 31.9 Å². The van der Waals surface area contributed by atoms with E-state index in [1.807, 2.05) is 6.07 Å². The highest BCUT2D eigenvalue weighted by Crippen LogP contribution is 2.16. The summed E-state index contributed by atoms with van der Waals surface area (Å²) >= 11 is 0. The molecule has 0 spiro atoms. The van der Waals surface area contributed by atoms with Crippen LogP contribution in [0.4, 0.5) is 0 Å². The third-order valence-corrected chi connectivity index (χ3v) is 5.43. The molecule has 1 amide bonds. The molecule has 1 fully saturated rings. The Balaban J connectivity index is 1.37. The number of hydrogen-bond acceptors (Lipinski definition) is 5. The number of nitrogens with zero attached hydrogens (tertiary/aromatic N) is 2. The zero-order chi connectivity index (χ0) is 20.4. The third-order valence-electron chi connectivity index (χ3n) is 5.43. The molecule has 1 aliphatic heterocycles. The predicted molar refractivity (Wildman–Crippen MR) is 110 cm³/mol. The van der Waals surface area contributed by atoms with Crippen LogP contribution in [0.15, 0.2) is 46.1 Å². The van der Waals surface area contributed by atoms with Crippen LogP contribution < -0.4 is 16.6 Å². The minimum absolute atomic E-state index is 0.0835. The van der Waals surface area contributed by atoms with Crippen LogP contribution >= 0.6 is 0 Å². The smallest absolute Gasteiger partial charge is 0.327 e. The maximum atomic E-state index is 12.6. The Labute approximate surface area is 167 Å². The Bertz CT molecular complexity index is 1160. The molecule has 0 atom stereocenters. The Hall–Kier alpha value is -3.26. The number of carbonyl (C=O) groups is 1. The van der Waals surface area contributed by atoms with Gasteiger partial charge in [-0.3, -0.25) is 24.5 Å². The number of aryl methyl sites for hydroxylation is 1. The maximum Gasteiger partial charge on any atom is 0.327 e. The largest absolute Gasteiger partial charge is 0.349 e. The van der Waals surface area contributed by atoms with E-state index in [1.54, 1.807) is 0 Å². The molecule has 1 aliphatic rings. The van der Waals surface area contributed by atoms with Gasteiger partial charge in [-0.05, 0) is 37.0 Å². The summed E-state index contributed by atoms with van der Waals surface area (Å²) in [5.41, 5.74) is 1.92. The summed E-state index contributed by atoms with van der Waals surface area (Å²) in [6.45, 7) is 4.87. The second-order valence-corrected chi connectivity index (χ2v) is 7.48. The molecule has 3 aromatic rings. The maximum absolute atomic E-state index is 12.6. The quantitative estimate of drug-likeness (QED) is 0.619. The van der Waals surface area contributed by atoms with Gasteiger partial charge in [-0.15, -0.1) is 0 Å². The molecule has 8 heteroatoms. The lowest BCUT2D eigenvalue weighted by Crippen LogP contribution is -2.44. The molecule has 1 aromatic carbocycles. The molecule has 2 aromatic heterocycles. The number of nitrogens with one attached hydrogen (secondary N) is 3. The Kier molecular flexibility index (Phi) is 5.26. The molecule has 150 valence electrons. The van der Waals surface area contributed by atoms with Gasteiger partial charge >= 0.3 is 5.69 Å². The highest BCUT2D eigenvalue weighted by molar-refractivity contribution is 5.96. The van der Waals surface area contributed by atoms with Crippen LogP contribution in [0.25, 0.3) is 11.0 Å². The number of H-pyrrole nitrogens is 2. The first-order valence-corrected chi connectivity index (χ1v) is 9.69. The standard InChI is InChI=1S/C21H23N5O3/c1-13-4-2-3-5-14(13)12-26-8-6-16(7-9-26)23-19(27)15-10-17-18(22-11-15)24-21(29)25-20(17)28/h2-5,10-11,16H,6-9,12H2,1H3,(H,23,27)(H2,22,24,25,28,29). The van der Waals surface area contributed by atoms with Crippen molar-refractivity contribution < 1.29 is 4.79 Å². The summed E-state index contributed by atoms with van der Waals surface area (Å²) < 4.78 is 0. The Morgan fingerprint density at radius 2 is 1.97 bits per heavy atom. The fraction of sp³-hybridized carbons (Fsp3) is 0.333. The molecule has 3 heterocycles. The SMILES string of the molecule is Cc1ccccc1CN1CCC(NC(=O)c2cnc3[nH]c(=O)[nH]c(=O)c3c2)CC1. The lowest BCUT2D eigenvalue weighted by atomic mass is 10.0. The van der Waals surface area contributed by atoms with Gasteiger partial charge in [0.25, 0.3) is 11.5 Å². The van der Waals surface area contributed by atoms with Gasteiger partial charge in [-0.2, -0.15) is 0 Å². The fourth-order valence-electron chi connectivity index (χ4n) is 3.70. The lowest BCUT2D eigenvalue weighted by molar-refractivity contribution is 0.0908. The average molecular weight is 393 g/mol. The average Bonchev–Trinajstić information content (AvgIpc) is 2.71. The van der Waals surface area contributed by atoms with Gasteiger partial charge in [0.2, 0.25) is 0 Å². The van der Waals surface area contributed by atoms with E-state index in [0.717, 1.165) is 32.5 Å². The molecule has 0 radical (unpaired) electrons. The van der Waals surface area contributed by atoms with E-state index in [4.69, 9.17) is 0 Å². The molecule has 8 nitrogen and oxygen atoms in total. The Morgan fingerprint density at radius 3 is 2.72 bits per heavy atom. The zero-order valence-corrected chi connectivity index (χ0v) is 16.2. The van der Waals surface area contributed by atoms with Crippen molar-refractivity contribution in [3.05, 3.63) is 74.1 Å². The van der Waals surface area contributed by atoms with E-state index in [0.29, 0.717) is 5.56 Å². The third kappa shape index (κ3) is 4.27. The summed E-state index contributed by atoms with van der Waals surface area (Å²) in [6, 6.07) is 9.94. The number of aromatic nitrogens is 3. The second-order valence-electron chi connectivity index (χ2n) is 7.48. The number of carbonyl (C=O) groups excluding carboxylic acids is 1. The number of rotatable bonds is 4. The van der Waals surface area contributed by atoms with E-state index in [9.17, 15) is 14.4 Å². The van der Waals surface area contributed by atoms with Crippen molar-refractivity contribution in [2.24, 2.45) is 0 Å². The highest BCUT2D eigenvalue weighted by Gasteiger charge is 2.22. The molecule has 0 saturated carbocycles. The van der Waals surface area contributed by atoms with Crippen LogP contribution in [0.1, 0.15) is 34.3 Å². The van der Waals surface area contributed by atoms with E-state index < -0.39 is 11.2 Å². The molecule has 3 N–H and O–H groups in total. The van der Waals surface area contributed by atoms with Crippen molar-refractivity contribution in [2.75, 3.05) is 13.1 Å². The molecule has 0 bridgehead atoms. The summed E-state index contributed by atoms with van der Waals surface area (Å²) in [5, 5.41) is 3.22. The molecule has 29 heavy (non-hydrogen) atoms. The van der Waals surface area contributed by atoms with Crippen molar-refractivity contribution in [1.29, 1.82) is 0 Å². The number of hydrogen-bond donors (Lipinski definition) is 3. The van der Waals surface area contributed by atoms with Gasteiger partial charge in [0.15, 0.2) is 0 Å². The lowest BCUT2D eigenvalue weighted by Gasteiger charge is -2.32. The predicted octanol–water partition coefficient (Wildman–Crippen LogP) is 1.31. The van der Waals surface area contributed by atoms with Gasteiger partial charge in [0.1, 0.15) is 5.65 Å². The topological polar surface area (TPSA) is 111 Å². The van der Waals surface area contributed by atoms with Crippen LogP contribution in [-0.2, 0) is 6.54 Å². The summed E-state index contributed by atoms with van der Waals surface area (Å²) in [4.78, 5) is 46.9. The molecular formula is C21H23N5O3. The minimum atomic E-state index is -0.621. The first kappa shape index (κ1) is 19.1. The van der Waals surface area contributed by atoms with Crippen molar-refractivity contribution in [1.82, 2.24) is 25.2 Å². The number of amides is 1. The summed E-state index contributed by atoms with van der Waals surface area (Å²) in [7, 11) is 0. The van der Waals surface area contributed by atoms with Crippen molar-refractivity contribution in [2.45, 2.75) is 32.4 Å². The summed E-state index contributed by atoms with van der Waals surface area (Å²) in [5.74, 6) is -0.262. The number of pyridine rings is 1. The van der Waals surface area contributed by atoms with E-state index in [-0.39, 0.29) is 23.0 Å². The minimum Gasteiger partial charge on any atom is -0.349 e. The van der Waals surface area contributed by atoms with Crippen LogP contribution in [0.3, 0.4) is 0 Å². The molecule has 4 rings (SSSR count). The van der Waals surface area contributed by atoms with Gasteiger partial charge in [0.05, 0.1) is 10.9 Å². The van der Waals surface area contributed by atoms with Gasteiger partial charge in [-0.25, -0.2) is 9.78 Å². The van der Waals surface area contributed by atoms with E-state index in [1.165, 1.54) is 23.4 Å². The fourth-order valence-corrected chi connectivity index (χ4v) is 3.70. The van der Waals surface area contributed by atoms with E-state index >= 15 is 0 Å². The zero-order valence-electron chi connectivity index (χ0n) is 16.2. The monoisotopic (exact) mass is 393 g/mol. The Morgan fingerprint density at radius 1 is 1.21 bits per heavy atom. The number of fused-ring (bicyclic) bond motifs is 1. The van der Waals surface area contributed by atoms with Gasteiger partial charge in [-0.1, -0.05) is 24.3 Å². The van der Waals surface area contributed by atoms with Crippen LogP contribution in [0, 0.1) is 6.92 Å². The first-order valence-electron chi connectivity index (χ1n) is 9.69. The molecule has 1 saturated heterocycles. The molecule has 0 aliphatic carbocycles. The van der Waals surface area contributed by atoms with Crippen LogP contribution in [0.5, 0.6) is 0 Å². The van der Waals surface area contributed by atoms with Crippen molar-refractivity contribution in [3.63, 3.8) is 0 Å². The molecule has 0 unspecified atom stereocenters. The number of aromatic amines is 2. The van der Waals surface area contributed by atoms with Crippen LogP contribution in [-0.4, -0.2) is 44.9 Å². The van der Waals surface area contributed by atoms with Crippen molar-refractivity contribution >= 4 is 16.9 Å². The van der Waals surface area contributed by atoms with Crippen LogP contribution in [0.2, 0.25) is 0 Å².